The molecule has 5 heteroatoms. The fourth-order valence-electron chi connectivity index (χ4n) is 1.08. The first-order valence-electron chi connectivity index (χ1n) is 3.58. The van der Waals surface area contributed by atoms with Crippen LogP contribution in [0.5, 0.6) is 0 Å². The quantitative estimate of drug-likeness (QED) is 0.370. The van der Waals surface area contributed by atoms with Crippen LogP contribution >= 0.6 is 0 Å². The molecular weight excluding hydrogens is 164 g/mol. The minimum absolute atomic E-state index is 0.0353. The van der Waals surface area contributed by atoms with Crippen molar-refractivity contribution in [3.05, 3.63) is 12.3 Å². The molecule has 5 nitrogen and oxygen atoms in total. The fraction of sp³-hybridized carbons (Fsp3) is 0.714. The molecule has 0 aliphatic carbocycles. The standard InChI is InChI=1S/C7H12O5/c1-3-5(9)7(11)6(10)4(2-8)12-3/h4-11H,1-2H2/t4?,5?,6-,7?/m1/s1. The molecule has 0 amide bonds. The SMILES string of the molecule is C=C1OC(CO)[C@@H](O)C(O)C1O. The van der Waals surface area contributed by atoms with E-state index in [1.165, 1.54) is 0 Å². The van der Waals surface area contributed by atoms with E-state index in [0.29, 0.717) is 0 Å². The smallest absolute Gasteiger partial charge is 0.150 e. The zero-order valence-electron chi connectivity index (χ0n) is 6.42. The van der Waals surface area contributed by atoms with Crippen molar-refractivity contribution in [2.45, 2.75) is 24.4 Å². The number of hydrogen-bond donors (Lipinski definition) is 4. The Hall–Kier alpha value is -0.620. The first-order valence-corrected chi connectivity index (χ1v) is 3.58. The summed E-state index contributed by atoms with van der Waals surface area (Å²) in [5.74, 6) is -0.0353. The summed E-state index contributed by atoms with van der Waals surface area (Å²) >= 11 is 0. The van der Waals surface area contributed by atoms with E-state index in [4.69, 9.17) is 20.1 Å². The highest BCUT2D eigenvalue weighted by atomic mass is 16.5. The van der Waals surface area contributed by atoms with Gasteiger partial charge in [-0.1, -0.05) is 6.58 Å². The monoisotopic (exact) mass is 176 g/mol. The molecule has 1 fully saturated rings. The molecule has 0 saturated carbocycles. The van der Waals surface area contributed by atoms with E-state index in [2.05, 4.69) is 6.58 Å². The van der Waals surface area contributed by atoms with E-state index in [1.54, 1.807) is 0 Å². The van der Waals surface area contributed by atoms with Crippen molar-refractivity contribution in [1.82, 2.24) is 0 Å². The Morgan fingerprint density at radius 1 is 1.25 bits per heavy atom. The third kappa shape index (κ3) is 1.44. The van der Waals surface area contributed by atoms with Crippen LogP contribution in [-0.2, 0) is 4.74 Å². The van der Waals surface area contributed by atoms with Crippen molar-refractivity contribution in [2.75, 3.05) is 6.61 Å². The van der Waals surface area contributed by atoms with Gasteiger partial charge < -0.3 is 25.2 Å². The maximum atomic E-state index is 9.19. The van der Waals surface area contributed by atoms with Crippen molar-refractivity contribution in [3.63, 3.8) is 0 Å². The molecule has 0 aromatic heterocycles. The van der Waals surface area contributed by atoms with E-state index in [9.17, 15) is 5.11 Å². The largest absolute Gasteiger partial charge is 0.487 e. The average molecular weight is 176 g/mol. The van der Waals surface area contributed by atoms with Gasteiger partial charge in [0.2, 0.25) is 0 Å². The van der Waals surface area contributed by atoms with Crippen LogP contribution in [0.1, 0.15) is 0 Å². The molecule has 1 aliphatic rings. The number of rotatable bonds is 1. The summed E-state index contributed by atoms with van der Waals surface area (Å²) in [6, 6.07) is 0. The topological polar surface area (TPSA) is 90.2 Å². The Labute approximate surface area is 69.5 Å². The normalized spacial score (nSPS) is 42.5. The Balaban J connectivity index is 2.70. The highest BCUT2D eigenvalue weighted by Gasteiger charge is 2.39. The Morgan fingerprint density at radius 3 is 2.33 bits per heavy atom. The van der Waals surface area contributed by atoms with Crippen LogP contribution < -0.4 is 0 Å². The van der Waals surface area contributed by atoms with Crippen LogP contribution in [0.2, 0.25) is 0 Å². The van der Waals surface area contributed by atoms with Crippen molar-refractivity contribution in [1.29, 1.82) is 0 Å². The maximum Gasteiger partial charge on any atom is 0.150 e. The number of hydrogen-bond acceptors (Lipinski definition) is 5. The fourth-order valence-corrected chi connectivity index (χ4v) is 1.08. The van der Waals surface area contributed by atoms with Gasteiger partial charge in [-0.15, -0.1) is 0 Å². The van der Waals surface area contributed by atoms with E-state index >= 15 is 0 Å². The van der Waals surface area contributed by atoms with Gasteiger partial charge in [0, 0.05) is 0 Å². The summed E-state index contributed by atoms with van der Waals surface area (Å²) in [5, 5.41) is 36.1. The van der Waals surface area contributed by atoms with E-state index in [1.807, 2.05) is 0 Å². The summed E-state index contributed by atoms with van der Waals surface area (Å²) in [4.78, 5) is 0. The zero-order chi connectivity index (χ0) is 9.30. The summed E-state index contributed by atoms with van der Waals surface area (Å²) in [6.07, 6.45) is -4.82. The molecule has 1 heterocycles. The minimum atomic E-state index is -1.34. The lowest BCUT2D eigenvalue weighted by molar-refractivity contribution is -0.164. The number of aliphatic hydroxyl groups is 4. The van der Waals surface area contributed by atoms with Crippen molar-refractivity contribution >= 4 is 0 Å². The van der Waals surface area contributed by atoms with Crippen LogP contribution in [0.3, 0.4) is 0 Å². The molecule has 0 spiro atoms. The van der Waals surface area contributed by atoms with Crippen LogP contribution in [0, 0.1) is 0 Å². The Morgan fingerprint density at radius 2 is 1.83 bits per heavy atom. The van der Waals surface area contributed by atoms with Gasteiger partial charge in [-0.05, 0) is 0 Å². The van der Waals surface area contributed by atoms with E-state index < -0.39 is 31.0 Å². The van der Waals surface area contributed by atoms with Crippen LogP contribution in [0.15, 0.2) is 12.3 Å². The lowest BCUT2D eigenvalue weighted by Gasteiger charge is -2.35. The summed E-state index contributed by atoms with van der Waals surface area (Å²) < 4.78 is 4.83. The zero-order valence-corrected chi connectivity index (χ0v) is 6.42. The van der Waals surface area contributed by atoms with E-state index in [-0.39, 0.29) is 5.76 Å². The predicted molar refractivity (Wildman–Crippen MR) is 39.1 cm³/mol. The summed E-state index contributed by atoms with van der Waals surface area (Å²) in [5.41, 5.74) is 0. The van der Waals surface area contributed by atoms with Crippen LogP contribution in [-0.4, -0.2) is 51.4 Å². The van der Waals surface area contributed by atoms with Gasteiger partial charge in [-0.3, -0.25) is 0 Å². The van der Waals surface area contributed by atoms with E-state index in [0.717, 1.165) is 0 Å². The number of ether oxygens (including phenoxy) is 1. The number of aliphatic hydroxyl groups excluding tert-OH is 4. The molecular formula is C7H12O5. The van der Waals surface area contributed by atoms with Gasteiger partial charge in [0.25, 0.3) is 0 Å². The molecule has 0 radical (unpaired) electrons. The van der Waals surface area contributed by atoms with Gasteiger partial charge in [0.1, 0.15) is 30.2 Å². The molecule has 12 heavy (non-hydrogen) atoms. The maximum absolute atomic E-state index is 9.19. The van der Waals surface area contributed by atoms with Crippen molar-refractivity contribution in [2.24, 2.45) is 0 Å². The highest BCUT2D eigenvalue weighted by Crippen LogP contribution is 2.21. The lowest BCUT2D eigenvalue weighted by atomic mass is 9.99. The molecule has 4 N–H and O–H groups in total. The second kappa shape index (κ2) is 3.40. The first-order chi connectivity index (χ1) is 5.57. The highest BCUT2D eigenvalue weighted by molar-refractivity contribution is 5.04. The van der Waals surface area contributed by atoms with Gasteiger partial charge in [-0.25, -0.2) is 0 Å². The second-order valence-corrected chi connectivity index (χ2v) is 2.73. The van der Waals surface area contributed by atoms with Gasteiger partial charge >= 0.3 is 0 Å². The molecule has 0 bridgehead atoms. The molecule has 0 aromatic rings. The van der Waals surface area contributed by atoms with Crippen molar-refractivity contribution in [3.8, 4) is 0 Å². The molecule has 1 saturated heterocycles. The summed E-state index contributed by atoms with van der Waals surface area (Å²) in [6.45, 7) is 2.90. The van der Waals surface area contributed by atoms with Crippen molar-refractivity contribution < 1.29 is 25.2 Å². The molecule has 3 unspecified atom stereocenters. The van der Waals surface area contributed by atoms with Gasteiger partial charge in [0.15, 0.2) is 0 Å². The van der Waals surface area contributed by atoms with Crippen LogP contribution in [0.25, 0.3) is 0 Å². The first kappa shape index (κ1) is 9.47. The molecule has 1 aliphatic heterocycles. The Kier molecular flexibility index (Phi) is 2.69. The molecule has 70 valence electrons. The average Bonchev–Trinajstić information content (AvgIpc) is 2.08. The molecule has 1 rings (SSSR count). The Bertz CT molecular complexity index is 179. The summed E-state index contributed by atoms with van der Waals surface area (Å²) in [7, 11) is 0. The van der Waals surface area contributed by atoms with Crippen LogP contribution in [0.4, 0.5) is 0 Å². The third-order valence-electron chi connectivity index (χ3n) is 1.87. The van der Waals surface area contributed by atoms with Gasteiger partial charge in [0.05, 0.1) is 6.61 Å². The van der Waals surface area contributed by atoms with Gasteiger partial charge in [-0.2, -0.15) is 0 Å². The predicted octanol–water partition coefficient (Wildman–Crippen LogP) is -2.03. The lowest BCUT2D eigenvalue weighted by Crippen LogP contribution is -2.52. The molecule has 4 atom stereocenters. The molecule has 0 aromatic carbocycles. The second-order valence-electron chi connectivity index (χ2n) is 2.73. The third-order valence-corrected chi connectivity index (χ3v) is 1.87. The minimum Gasteiger partial charge on any atom is -0.487 e.